The van der Waals surface area contributed by atoms with Crippen molar-refractivity contribution in [3.05, 3.63) is 42.9 Å². The molecule has 0 bridgehead atoms. The van der Waals surface area contributed by atoms with Gasteiger partial charge in [-0.2, -0.15) is 0 Å². The molecule has 0 aliphatic carbocycles. The molecule has 1 aromatic heterocycles. The summed E-state index contributed by atoms with van der Waals surface area (Å²) in [4.78, 5) is 4.19. The van der Waals surface area contributed by atoms with Crippen LogP contribution >= 0.6 is 0 Å². The van der Waals surface area contributed by atoms with Crippen LogP contribution in [0, 0.1) is 0 Å². The molecule has 0 saturated heterocycles. The Morgan fingerprint density at radius 3 is 3.00 bits per heavy atom. The molecule has 58 valence electrons. The number of nitrogens with one attached hydrogen (secondary N) is 1. The summed E-state index contributed by atoms with van der Waals surface area (Å²) in [7, 11) is 0. The molecule has 1 rings (SSSR count). The van der Waals surface area contributed by atoms with Gasteiger partial charge in [0.05, 0.1) is 11.7 Å². The van der Waals surface area contributed by atoms with Crippen molar-refractivity contribution in [1.82, 2.24) is 10.3 Å². The minimum Gasteiger partial charge on any atom is -0.383 e. The van der Waals surface area contributed by atoms with E-state index in [0.717, 1.165) is 5.69 Å². The maximum absolute atomic E-state index is 4.19. The number of hydrogen-bond acceptors (Lipinski definition) is 2. The molecule has 0 amide bonds. The van der Waals surface area contributed by atoms with E-state index in [1.165, 1.54) is 0 Å². The van der Waals surface area contributed by atoms with Crippen molar-refractivity contribution < 1.29 is 0 Å². The molecule has 0 spiro atoms. The Morgan fingerprint density at radius 1 is 1.64 bits per heavy atom. The lowest BCUT2D eigenvalue weighted by Gasteiger charge is -2.09. The van der Waals surface area contributed by atoms with Crippen LogP contribution in [0.4, 0.5) is 0 Å². The largest absolute Gasteiger partial charge is 0.383 e. The van der Waals surface area contributed by atoms with Crippen LogP contribution in [0.2, 0.25) is 0 Å². The van der Waals surface area contributed by atoms with Crippen molar-refractivity contribution in [3.8, 4) is 0 Å². The van der Waals surface area contributed by atoms with Crippen molar-refractivity contribution in [3.63, 3.8) is 0 Å². The van der Waals surface area contributed by atoms with Crippen LogP contribution in [0.25, 0.3) is 0 Å². The van der Waals surface area contributed by atoms with E-state index >= 15 is 0 Å². The summed E-state index contributed by atoms with van der Waals surface area (Å²) in [6.07, 6.45) is 3.47. The lowest BCUT2D eigenvalue weighted by Crippen LogP contribution is -2.11. The van der Waals surface area contributed by atoms with Crippen molar-refractivity contribution >= 4 is 0 Å². The Labute approximate surface area is 67.0 Å². The van der Waals surface area contributed by atoms with E-state index in [0.29, 0.717) is 0 Å². The molecule has 0 fully saturated rings. The van der Waals surface area contributed by atoms with Crippen LogP contribution in [0.3, 0.4) is 0 Å². The van der Waals surface area contributed by atoms with E-state index < -0.39 is 0 Å². The van der Waals surface area contributed by atoms with Gasteiger partial charge in [-0.15, -0.1) is 0 Å². The van der Waals surface area contributed by atoms with Crippen molar-refractivity contribution in [2.24, 2.45) is 0 Å². The molecule has 11 heavy (non-hydrogen) atoms. The molecule has 1 atom stereocenters. The first-order chi connectivity index (χ1) is 5.34. The highest BCUT2D eigenvalue weighted by Crippen LogP contribution is 2.06. The normalized spacial score (nSPS) is 12.1. The summed E-state index contributed by atoms with van der Waals surface area (Å²) in [5.41, 5.74) is 1.03. The molecule has 0 aliphatic rings. The number of nitrogens with zero attached hydrogens (tertiary/aromatic N) is 1. The lowest BCUT2D eigenvalue weighted by atomic mass is 10.2. The molecule has 0 aliphatic heterocycles. The predicted octanol–water partition coefficient (Wildman–Crippen LogP) is 1.88. The highest BCUT2D eigenvalue weighted by atomic mass is 14.9. The van der Waals surface area contributed by atoms with Gasteiger partial charge in [-0.25, -0.2) is 0 Å². The van der Waals surface area contributed by atoms with Gasteiger partial charge in [0.15, 0.2) is 0 Å². The summed E-state index contributed by atoms with van der Waals surface area (Å²) in [6, 6.07) is 6.11. The standard InChI is InChI=1S/C9H12N2/c1-3-10-8(2)9-6-4-5-7-11-9/h3-8,10H,1H2,2H3/t8-/m0/s1. The minimum absolute atomic E-state index is 0.244. The van der Waals surface area contributed by atoms with E-state index in [1.807, 2.05) is 25.1 Å². The quantitative estimate of drug-likeness (QED) is 0.707. The first-order valence-electron chi connectivity index (χ1n) is 3.62. The van der Waals surface area contributed by atoms with Crippen molar-refractivity contribution in [1.29, 1.82) is 0 Å². The van der Waals surface area contributed by atoms with Gasteiger partial charge in [-0.1, -0.05) is 12.6 Å². The zero-order chi connectivity index (χ0) is 8.10. The molecule has 0 saturated carbocycles. The van der Waals surface area contributed by atoms with Crippen LogP contribution in [-0.4, -0.2) is 4.98 Å². The van der Waals surface area contributed by atoms with Gasteiger partial charge in [0, 0.05) is 6.20 Å². The number of rotatable bonds is 3. The highest BCUT2D eigenvalue weighted by molar-refractivity contribution is 5.07. The Kier molecular flexibility index (Phi) is 2.66. The van der Waals surface area contributed by atoms with Crippen molar-refractivity contribution in [2.75, 3.05) is 0 Å². The fraction of sp³-hybridized carbons (Fsp3) is 0.222. The lowest BCUT2D eigenvalue weighted by molar-refractivity contribution is 0.665. The van der Waals surface area contributed by atoms with Gasteiger partial charge in [0.1, 0.15) is 0 Å². The fourth-order valence-electron chi connectivity index (χ4n) is 0.894. The van der Waals surface area contributed by atoms with Gasteiger partial charge in [-0.05, 0) is 25.3 Å². The van der Waals surface area contributed by atoms with Crippen molar-refractivity contribution in [2.45, 2.75) is 13.0 Å². The molecule has 0 radical (unpaired) electrons. The molecule has 2 nitrogen and oxygen atoms in total. The minimum atomic E-state index is 0.244. The second kappa shape index (κ2) is 3.76. The maximum atomic E-state index is 4.19. The third kappa shape index (κ3) is 2.08. The highest BCUT2D eigenvalue weighted by Gasteiger charge is 2.00. The molecule has 0 unspecified atom stereocenters. The third-order valence-electron chi connectivity index (χ3n) is 1.50. The first kappa shape index (κ1) is 7.79. The van der Waals surface area contributed by atoms with E-state index in [4.69, 9.17) is 0 Å². The van der Waals surface area contributed by atoms with Gasteiger partial charge < -0.3 is 5.32 Å². The van der Waals surface area contributed by atoms with E-state index in [9.17, 15) is 0 Å². The zero-order valence-electron chi connectivity index (χ0n) is 6.62. The predicted molar refractivity (Wildman–Crippen MR) is 46.0 cm³/mol. The molecule has 1 heterocycles. The molecule has 0 aromatic carbocycles. The number of aromatic nitrogens is 1. The SMILES string of the molecule is C=CN[C@@H](C)c1ccccn1. The maximum Gasteiger partial charge on any atom is 0.0651 e. The molecule has 1 aromatic rings. The first-order valence-corrected chi connectivity index (χ1v) is 3.62. The summed E-state index contributed by atoms with van der Waals surface area (Å²) >= 11 is 0. The second-order valence-corrected chi connectivity index (χ2v) is 2.35. The molecule has 2 heteroatoms. The Hall–Kier alpha value is -1.31. The Bertz CT molecular complexity index is 218. The van der Waals surface area contributed by atoms with Crippen LogP contribution in [0.5, 0.6) is 0 Å². The van der Waals surface area contributed by atoms with Gasteiger partial charge >= 0.3 is 0 Å². The van der Waals surface area contributed by atoms with Crippen LogP contribution in [0.15, 0.2) is 37.2 Å². The smallest absolute Gasteiger partial charge is 0.0651 e. The summed E-state index contributed by atoms with van der Waals surface area (Å²) in [5.74, 6) is 0. The molecular weight excluding hydrogens is 136 g/mol. The van der Waals surface area contributed by atoms with E-state index in [2.05, 4.69) is 16.9 Å². The fourth-order valence-corrected chi connectivity index (χ4v) is 0.894. The molecular formula is C9H12N2. The van der Waals surface area contributed by atoms with Crippen LogP contribution in [-0.2, 0) is 0 Å². The monoisotopic (exact) mass is 148 g/mol. The topological polar surface area (TPSA) is 24.9 Å². The average Bonchev–Trinajstić information content (AvgIpc) is 2.07. The van der Waals surface area contributed by atoms with Gasteiger partial charge in [-0.3, -0.25) is 4.98 Å². The summed E-state index contributed by atoms with van der Waals surface area (Å²) in [6.45, 7) is 5.63. The average molecular weight is 148 g/mol. The number of pyridine rings is 1. The van der Waals surface area contributed by atoms with E-state index in [-0.39, 0.29) is 6.04 Å². The third-order valence-corrected chi connectivity index (χ3v) is 1.50. The Balaban J connectivity index is 2.68. The van der Waals surface area contributed by atoms with Gasteiger partial charge in [0.2, 0.25) is 0 Å². The number of hydrogen-bond donors (Lipinski definition) is 1. The zero-order valence-corrected chi connectivity index (χ0v) is 6.62. The van der Waals surface area contributed by atoms with E-state index in [1.54, 1.807) is 12.4 Å². The van der Waals surface area contributed by atoms with Gasteiger partial charge in [0.25, 0.3) is 0 Å². The van der Waals surface area contributed by atoms with Crippen LogP contribution < -0.4 is 5.32 Å². The molecule has 1 N–H and O–H groups in total. The summed E-state index contributed by atoms with van der Waals surface area (Å²) in [5, 5.41) is 3.06. The summed E-state index contributed by atoms with van der Waals surface area (Å²) < 4.78 is 0. The second-order valence-electron chi connectivity index (χ2n) is 2.35. The van der Waals surface area contributed by atoms with Crippen LogP contribution in [0.1, 0.15) is 18.7 Å². The Morgan fingerprint density at radius 2 is 2.45 bits per heavy atom.